The molecule has 0 spiro atoms. The number of sulfone groups is 1. The molecule has 0 aliphatic carbocycles. The average molecular weight is 595 g/mol. The van der Waals surface area contributed by atoms with E-state index >= 15 is 0 Å². The molecule has 9 nitrogen and oxygen atoms in total. The number of carbonyl (C=O) groups is 1. The van der Waals surface area contributed by atoms with Crippen LogP contribution in [0.4, 0.5) is 14.5 Å². The van der Waals surface area contributed by atoms with Crippen LogP contribution < -0.4 is 15.0 Å². The molecular formula is C30H28F2N4O5S. The Labute approximate surface area is 241 Å². The first kappa shape index (κ1) is 28.0. The maximum Gasteiger partial charge on any atom is 0.262 e. The summed E-state index contributed by atoms with van der Waals surface area (Å²) < 4.78 is 64.0. The van der Waals surface area contributed by atoms with Crippen LogP contribution in [0.3, 0.4) is 0 Å². The van der Waals surface area contributed by atoms with Crippen LogP contribution in [0.2, 0.25) is 0 Å². The lowest BCUT2D eigenvalue weighted by Gasteiger charge is -2.33. The summed E-state index contributed by atoms with van der Waals surface area (Å²) in [6.07, 6.45) is 1.66. The van der Waals surface area contributed by atoms with E-state index in [2.05, 4.69) is 10.3 Å². The van der Waals surface area contributed by atoms with Crippen molar-refractivity contribution in [3.63, 3.8) is 0 Å². The summed E-state index contributed by atoms with van der Waals surface area (Å²) in [6, 6.07) is 15.4. The van der Waals surface area contributed by atoms with Crippen LogP contribution in [0.5, 0.6) is 5.75 Å². The fourth-order valence-corrected chi connectivity index (χ4v) is 6.54. The third-order valence-corrected chi connectivity index (χ3v) is 8.92. The molecule has 1 N–H and O–H groups in total. The number of carbonyl (C=O) groups excluding carboxylic acids is 1. The summed E-state index contributed by atoms with van der Waals surface area (Å²) in [4.78, 5) is 23.9. The fraction of sp³-hybridized carbons (Fsp3) is 0.300. The van der Waals surface area contributed by atoms with Crippen molar-refractivity contribution in [3.8, 4) is 17.0 Å². The lowest BCUT2D eigenvalue weighted by Crippen LogP contribution is -2.40. The van der Waals surface area contributed by atoms with Crippen LogP contribution >= 0.6 is 0 Å². The molecule has 2 aromatic heterocycles. The molecule has 42 heavy (non-hydrogen) atoms. The number of pyridine rings is 2. The minimum absolute atomic E-state index is 0.0949. The zero-order valence-electron chi connectivity index (χ0n) is 22.8. The molecule has 0 bridgehead atoms. The highest BCUT2D eigenvalue weighted by Crippen LogP contribution is 2.41. The van der Waals surface area contributed by atoms with Gasteiger partial charge in [0.15, 0.2) is 15.6 Å². The number of amides is 1. The minimum atomic E-state index is -3.54. The maximum absolute atomic E-state index is 13.8. The van der Waals surface area contributed by atoms with Gasteiger partial charge in [-0.1, -0.05) is 12.1 Å². The summed E-state index contributed by atoms with van der Waals surface area (Å²) in [5.74, 6) is -2.91. The molecular weight excluding hydrogens is 566 g/mol. The number of alkyl halides is 2. The van der Waals surface area contributed by atoms with Crippen molar-refractivity contribution in [1.82, 2.24) is 15.3 Å². The Hall–Kier alpha value is -4.16. The Bertz CT molecular complexity index is 1790. The molecule has 218 valence electrons. The Morgan fingerprint density at radius 1 is 1.12 bits per heavy atom. The quantitative estimate of drug-likeness (QED) is 0.350. The maximum atomic E-state index is 13.8. The van der Waals surface area contributed by atoms with E-state index in [0.717, 1.165) is 12.3 Å². The second-order valence-electron chi connectivity index (χ2n) is 10.4. The number of nitrogens with zero attached hydrogens (tertiary/aromatic N) is 3. The van der Waals surface area contributed by atoms with Crippen LogP contribution in [0.25, 0.3) is 22.2 Å². The summed E-state index contributed by atoms with van der Waals surface area (Å²) in [6.45, 7) is 1.52. The molecule has 2 aliphatic heterocycles. The number of ether oxygens (including phenoxy) is 2. The van der Waals surface area contributed by atoms with Crippen LogP contribution in [0.15, 0.2) is 65.7 Å². The van der Waals surface area contributed by atoms with Gasteiger partial charge in [0.05, 0.1) is 66.1 Å². The minimum Gasteiger partial charge on any atom is -0.489 e. The van der Waals surface area contributed by atoms with Gasteiger partial charge in [0.25, 0.3) is 11.8 Å². The molecule has 0 unspecified atom stereocenters. The van der Waals surface area contributed by atoms with Crippen LogP contribution in [-0.2, 0) is 27.7 Å². The third kappa shape index (κ3) is 5.77. The number of benzene rings is 2. The smallest absolute Gasteiger partial charge is 0.262 e. The highest BCUT2D eigenvalue weighted by molar-refractivity contribution is 7.91. The van der Waals surface area contributed by atoms with E-state index in [1.54, 1.807) is 41.4 Å². The zero-order valence-corrected chi connectivity index (χ0v) is 23.6. The predicted molar refractivity (Wildman–Crippen MR) is 153 cm³/mol. The van der Waals surface area contributed by atoms with Crippen molar-refractivity contribution in [2.24, 2.45) is 0 Å². The molecule has 0 radical (unpaired) electrons. The van der Waals surface area contributed by atoms with Gasteiger partial charge in [0.2, 0.25) is 0 Å². The first-order valence-corrected chi connectivity index (χ1v) is 15.1. The van der Waals surface area contributed by atoms with Gasteiger partial charge in [-0.25, -0.2) is 22.2 Å². The third-order valence-electron chi connectivity index (χ3n) is 7.17. The van der Waals surface area contributed by atoms with E-state index < -0.39 is 28.2 Å². The SMILES string of the molecule is CC(F)(F)CN1CCOc2c(-c3ccc4cnc(CNC(=O)c5ccc6c(c5)S(=O)(=O)CCOC6)cc4n3)cccc21. The van der Waals surface area contributed by atoms with E-state index in [-0.39, 0.29) is 42.6 Å². The first-order chi connectivity index (χ1) is 20.1. The van der Waals surface area contributed by atoms with Crippen LogP contribution in [0, 0.1) is 0 Å². The molecule has 0 fully saturated rings. The van der Waals surface area contributed by atoms with Gasteiger partial charge in [-0.15, -0.1) is 0 Å². The summed E-state index contributed by atoms with van der Waals surface area (Å²) in [5, 5.41) is 3.58. The van der Waals surface area contributed by atoms with Crippen LogP contribution in [0.1, 0.15) is 28.5 Å². The highest BCUT2D eigenvalue weighted by atomic mass is 32.2. The van der Waals surface area contributed by atoms with Gasteiger partial charge in [0.1, 0.15) is 6.61 Å². The van der Waals surface area contributed by atoms with Gasteiger partial charge in [0, 0.05) is 29.6 Å². The van der Waals surface area contributed by atoms with E-state index in [0.29, 0.717) is 46.0 Å². The van der Waals surface area contributed by atoms with Crippen molar-refractivity contribution < 1.29 is 31.5 Å². The first-order valence-electron chi connectivity index (χ1n) is 13.4. The second kappa shape index (κ2) is 10.9. The summed E-state index contributed by atoms with van der Waals surface area (Å²) in [5.41, 5.74) is 3.84. The normalized spacial score (nSPS) is 16.2. The Morgan fingerprint density at radius 2 is 1.98 bits per heavy atom. The zero-order chi connectivity index (χ0) is 29.5. The summed E-state index contributed by atoms with van der Waals surface area (Å²) in [7, 11) is -3.54. The monoisotopic (exact) mass is 594 g/mol. The summed E-state index contributed by atoms with van der Waals surface area (Å²) >= 11 is 0. The molecule has 4 aromatic rings. The number of hydrogen-bond donors (Lipinski definition) is 1. The van der Waals surface area contributed by atoms with E-state index in [1.165, 1.54) is 6.07 Å². The van der Waals surface area contributed by atoms with E-state index in [1.807, 2.05) is 18.2 Å². The van der Waals surface area contributed by atoms with Gasteiger partial charge in [-0.2, -0.15) is 0 Å². The van der Waals surface area contributed by atoms with Crippen LogP contribution in [-0.4, -0.2) is 62.3 Å². The molecule has 1 amide bonds. The Morgan fingerprint density at radius 3 is 2.81 bits per heavy atom. The van der Waals surface area contributed by atoms with Crippen molar-refractivity contribution >= 4 is 32.3 Å². The van der Waals surface area contributed by atoms with Crippen molar-refractivity contribution in [3.05, 3.63) is 77.6 Å². The molecule has 0 saturated heterocycles. The lowest BCUT2D eigenvalue weighted by molar-refractivity contribution is 0.0287. The van der Waals surface area contributed by atoms with Crippen molar-refractivity contribution in [2.45, 2.75) is 30.9 Å². The van der Waals surface area contributed by atoms with E-state index in [4.69, 9.17) is 14.5 Å². The standard InChI is InChI=1S/C30H28F2N4O5S/c1-30(31,32)18-36-9-10-41-28-23(3-2-4-26(28)36)24-8-7-20-15-33-22(14-25(20)35-24)16-34-29(37)19-5-6-21-17-40-11-12-42(38,39)27(21)13-19/h2-8,13-15H,9-12,16-18H2,1H3,(H,34,37). The Balaban J connectivity index is 1.23. The molecule has 6 rings (SSSR count). The van der Waals surface area contributed by atoms with Gasteiger partial charge >= 0.3 is 0 Å². The molecule has 4 heterocycles. The molecule has 2 aromatic carbocycles. The number of aromatic nitrogens is 2. The predicted octanol–water partition coefficient (Wildman–Crippen LogP) is 4.38. The highest BCUT2D eigenvalue weighted by Gasteiger charge is 2.30. The largest absolute Gasteiger partial charge is 0.489 e. The number of para-hydroxylation sites is 1. The second-order valence-corrected chi connectivity index (χ2v) is 12.5. The molecule has 12 heteroatoms. The lowest BCUT2D eigenvalue weighted by atomic mass is 10.1. The van der Waals surface area contributed by atoms with Gasteiger partial charge < -0.3 is 19.7 Å². The molecule has 0 atom stereocenters. The number of fused-ring (bicyclic) bond motifs is 3. The number of rotatable bonds is 6. The topological polar surface area (TPSA) is 111 Å². The van der Waals surface area contributed by atoms with Crippen molar-refractivity contribution in [1.29, 1.82) is 0 Å². The van der Waals surface area contributed by atoms with E-state index in [9.17, 15) is 22.0 Å². The molecule has 2 aliphatic rings. The van der Waals surface area contributed by atoms with Gasteiger partial charge in [-0.3, -0.25) is 9.78 Å². The number of nitrogens with one attached hydrogen (secondary N) is 1. The number of halogens is 2. The Kier molecular flexibility index (Phi) is 7.27. The molecule has 0 saturated carbocycles. The van der Waals surface area contributed by atoms with Gasteiger partial charge in [-0.05, 0) is 48.0 Å². The fourth-order valence-electron chi connectivity index (χ4n) is 5.15. The van der Waals surface area contributed by atoms with Crippen molar-refractivity contribution in [2.75, 3.05) is 37.0 Å². The average Bonchev–Trinajstić information content (AvgIpc) is 3.11. The number of hydrogen-bond acceptors (Lipinski definition) is 8. The number of anilines is 1.